The maximum Gasteiger partial charge on any atom is 0.329 e. The Balaban J connectivity index is 0.746. The highest BCUT2D eigenvalue weighted by Crippen LogP contribution is 2.56. The molecule has 1 aromatic heterocycles. The van der Waals surface area contributed by atoms with Crippen LogP contribution in [-0.2, 0) is 31.8 Å². The number of nitrogens with zero attached hydrogens (tertiary/aromatic N) is 5. The van der Waals surface area contributed by atoms with Gasteiger partial charge >= 0.3 is 6.03 Å². The molecule has 6 N–H and O–H groups in total. The van der Waals surface area contributed by atoms with Crippen LogP contribution in [-0.4, -0.2) is 136 Å². The van der Waals surface area contributed by atoms with E-state index in [1.807, 2.05) is 37.3 Å². The molecule has 5 amide bonds. The van der Waals surface area contributed by atoms with Gasteiger partial charge in [0.25, 0.3) is 5.91 Å². The van der Waals surface area contributed by atoms with Gasteiger partial charge in [0.2, 0.25) is 11.8 Å². The predicted octanol–water partition coefficient (Wildman–Crippen LogP) is 6.39. The van der Waals surface area contributed by atoms with Crippen LogP contribution >= 0.6 is 11.6 Å². The molecule has 1 saturated carbocycles. The fourth-order valence-corrected chi connectivity index (χ4v) is 12.9. The van der Waals surface area contributed by atoms with E-state index in [0.717, 1.165) is 24.9 Å². The molecule has 2 aliphatic carbocycles. The van der Waals surface area contributed by atoms with Gasteiger partial charge in [0, 0.05) is 92.1 Å². The average molecular weight is 1080 g/mol. The van der Waals surface area contributed by atoms with Crippen LogP contribution in [0.3, 0.4) is 0 Å². The summed E-state index contributed by atoms with van der Waals surface area (Å²) in [6.45, 7) is 4.61. The van der Waals surface area contributed by atoms with Gasteiger partial charge in [-0.15, -0.1) is 0 Å². The maximum absolute atomic E-state index is 16.6. The number of anilines is 1. The first kappa shape index (κ1) is 53.5. The third kappa shape index (κ3) is 9.78. The molecule has 3 saturated heterocycles. The first-order chi connectivity index (χ1) is 36.4. The molecule has 21 heteroatoms. The summed E-state index contributed by atoms with van der Waals surface area (Å²) in [6.07, 6.45) is 3.46. The molecule has 16 nitrogen and oxygen atoms in total. The normalized spacial score (nSPS) is 26.8. The van der Waals surface area contributed by atoms with Crippen LogP contribution < -0.4 is 26.0 Å². The minimum absolute atomic E-state index is 0.0137. The lowest BCUT2D eigenvalue weighted by Gasteiger charge is -2.42. The standard InChI is InChI=1S/C55H63ClF4N8O8/c1-30-42-40(27-38(58)46(56)45(42)44-35(50(61)71)8-9-39(47(44)59)75-25-24-69)76-55(30,33-6-4-3-5-7-33)29-62-34-10-17-54(74,18-11-34)52(72)67-21-12-31(13-22-67)28-66-19-14-32(15-20-66)43-37(57)26-36-49(48(43)60)65(2)64-51(36)68-23-16-41(70)63-53(68)73/h3-9,26-27,30-32,34,39,47,62,69,74H,10-25,28-29H2,1-2H3,(H2,61,71)(H,63,70,73)/t30-,34?,39?,47?,54?,55-/m0/s1. The van der Waals surface area contributed by atoms with Gasteiger partial charge in [-0.3, -0.25) is 29.3 Å². The minimum atomic E-state index is -2.00. The van der Waals surface area contributed by atoms with Crippen LogP contribution in [0, 0.1) is 23.4 Å². The lowest BCUT2D eigenvalue weighted by Crippen LogP contribution is -2.55. The summed E-state index contributed by atoms with van der Waals surface area (Å²) in [5, 5.41) is 31.2. The Kier molecular flexibility index (Phi) is 15.1. The van der Waals surface area contributed by atoms with Crippen molar-refractivity contribution in [3.8, 4) is 5.75 Å². The Hall–Kier alpha value is -5.90. The lowest BCUT2D eigenvalue weighted by atomic mass is 9.75. The van der Waals surface area contributed by atoms with E-state index >= 15 is 17.6 Å². The van der Waals surface area contributed by atoms with Crippen molar-refractivity contribution in [3.05, 3.63) is 105 Å². The summed E-state index contributed by atoms with van der Waals surface area (Å²) in [5.41, 5.74) is 3.79. The van der Waals surface area contributed by atoms with Gasteiger partial charge in [-0.2, -0.15) is 5.10 Å². The van der Waals surface area contributed by atoms with E-state index < -0.39 is 69.7 Å². The van der Waals surface area contributed by atoms with Gasteiger partial charge in [0.05, 0.1) is 23.6 Å². The number of urea groups is 1. The highest BCUT2D eigenvalue weighted by Gasteiger charge is 2.52. The number of likely N-dealkylation sites (tertiary alicyclic amines) is 2. The van der Waals surface area contributed by atoms with Gasteiger partial charge in [-0.05, 0) is 87.9 Å². The van der Waals surface area contributed by atoms with E-state index in [9.17, 15) is 29.4 Å². The first-order valence-corrected chi connectivity index (χ1v) is 26.6. The molecule has 2 unspecified atom stereocenters. The van der Waals surface area contributed by atoms with Crippen LogP contribution in [0.4, 0.5) is 28.2 Å². The van der Waals surface area contributed by atoms with Crippen molar-refractivity contribution >= 4 is 57.6 Å². The van der Waals surface area contributed by atoms with Gasteiger partial charge in [0.1, 0.15) is 34.6 Å². The van der Waals surface area contributed by atoms with Crippen molar-refractivity contribution in [1.29, 1.82) is 0 Å². The number of carbonyl (C=O) groups is 4. The van der Waals surface area contributed by atoms with Crippen molar-refractivity contribution < 1.29 is 56.4 Å². The number of aliphatic hydroxyl groups excluding tert-OH is 1. The summed E-state index contributed by atoms with van der Waals surface area (Å²) in [4.78, 5) is 56.4. The number of primary amides is 1. The number of fused-ring (bicyclic) bond motifs is 2. The van der Waals surface area contributed by atoms with E-state index in [4.69, 9.17) is 26.8 Å². The quantitative estimate of drug-likeness (QED) is 0.0876. The smallest absolute Gasteiger partial charge is 0.329 e. The van der Waals surface area contributed by atoms with Crippen LogP contribution in [0.1, 0.15) is 98.8 Å². The number of hydrogen-bond acceptors (Lipinski definition) is 11. The number of benzene rings is 3. The Labute approximate surface area is 442 Å². The minimum Gasteiger partial charge on any atom is -0.480 e. The van der Waals surface area contributed by atoms with Crippen molar-refractivity contribution in [3.63, 3.8) is 0 Å². The molecule has 6 aliphatic rings. The molecule has 76 heavy (non-hydrogen) atoms. The van der Waals surface area contributed by atoms with E-state index in [0.29, 0.717) is 63.3 Å². The van der Waals surface area contributed by atoms with Gasteiger partial charge < -0.3 is 40.5 Å². The van der Waals surface area contributed by atoms with Crippen molar-refractivity contribution in [2.24, 2.45) is 18.7 Å². The summed E-state index contributed by atoms with van der Waals surface area (Å²) in [6, 6.07) is 10.9. The molecule has 406 valence electrons. The molecule has 4 aliphatic heterocycles. The number of aliphatic hydroxyl groups is 2. The average Bonchev–Trinajstić information content (AvgIpc) is 3.94. The molecule has 5 heterocycles. The number of aryl methyl sites for hydroxylation is 1. The SMILES string of the molecule is C[C@H]1c2c(cc(F)c(Cl)c2C2=C(C(N)=O)C=CC(OCCO)C2F)O[C@]1(CNC1CCC(O)(C(=O)N2CCC(CN3CCC(c4c(F)cc5c(N6CCC(=O)NC6=O)nn(C)c5c4F)CC3)CC2)CC1)c1ccccc1. The zero-order chi connectivity index (χ0) is 53.8. The summed E-state index contributed by atoms with van der Waals surface area (Å²) < 4.78 is 78.3. The second kappa shape index (κ2) is 21.5. The summed E-state index contributed by atoms with van der Waals surface area (Å²) >= 11 is 6.73. The maximum atomic E-state index is 16.6. The number of hydrogen-bond donors (Lipinski definition) is 5. The number of nitrogens with two attached hydrogens (primary N) is 1. The van der Waals surface area contributed by atoms with Crippen molar-refractivity contribution in [2.75, 3.05) is 63.9 Å². The Morgan fingerprint density at radius 3 is 2.37 bits per heavy atom. The molecule has 0 bridgehead atoms. The second-order valence-corrected chi connectivity index (χ2v) is 21.6. The second-order valence-electron chi connectivity index (χ2n) is 21.2. The lowest BCUT2D eigenvalue weighted by molar-refractivity contribution is -0.156. The summed E-state index contributed by atoms with van der Waals surface area (Å²) in [7, 11) is 1.55. The number of ether oxygens (including phenoxy) is 2. The fourth-order valence-electron chi connectivity index (χ4n) is 12.6. The fraction of sp³-hybridized carbons (Fsp3) is 0.509. The van der Waals surface area contributed by atoms with Crippen molar-refractivity contribution in [2.45, 2.75) is 106 Å². The molecule has 10 rings (SSSR count). The Morgan fingerprint density at radius 1 is 0.987 bits per heavy atom. The van der Waals surface area contributed by atoms with E-state index in [2.05, 4.69) is 20.6 Å². The number of carbonyl (C=O) groups excluding carboxylic acids is 4. The number of imide groups is 1. The number of halogens is 5. The third-order valence-electron chi connectivity index (χ3n) is 16.8. The number of amides is 5. The molecule has 0 radical (unpaired) electrons. The summed E-state index contributed by atoms with van der Waals surface area (Å²) in [5.74, 6) is -4.39. The van der Waals surface area contributed by atoms with Crippen molar-refractivity contribution in [1.82, 2.24) is 30.2 Å². The zero-order valence-corrected chi connectivity index (χ0v) is 43.2. The molecule has 0 spiro atoms. The topological polar surface area (TPSA) is 205 Å². The number of alkyl halides is 1. The number of nitrogens with one attached hydrogen (secondary N) is 2. The number of aromatic nitrogens is 2. The highest BCUT2D eigenvalue weighted by molar-refractivity contribution is 6.33. The molecular formula is C55H63ClF4N8O8. The van der Waals surface area contributed by atoms with Crippen LogP contribution in [0.15, 0.2) is 60.2 Å². The van der Waals surface area contributed by atoms with Crippen LogP contribution in [0.25, 0.3) is 16.5 Å². The van der Waals surface area contributed by atoms with Crippen LogP contribution in [0.2, 0.25) is 5.02 Å². The molecular weight excluding hydrogens is 1010 g/mol. The third-order valence-corrected chi connectivity index (χ3v) is 17.1. The Bertz CT molecular complexity index is 2990. The number of rotatable bonds is 14. The van der Waals surface area contributed by atoms with E-state index in [1.54, 1.807) is 11.9 Å². The van der Waals surface area contributed by atoms with Gasteiger partial charge in [-0.1, -0.05) is 61.0 Å². The van der Waals surface area contributed by atoms with E-state index in [-0.39, 0.29) is 108 Å². The zero-order valence-electron chi connectivity index (χ0n) is 42.4. The first-order valence-electron chi connectivity index (χ1n) is 26.2. The van der Waals surface area contributed by atoms with Crippen LogP contribution in [0.5, 0.6) is 5.75 Å². The molecule has 4 atom stereocenters. The van der Waals surface area contributed by atoms with E-state index in [1.165, 1.54) is 33.9 Å². The molecule has 3 aromatic carbocycles. The molecule has 4 aromatic rings. The van der Waals surface area contributed by atoms with Gasteiger partial charge in [0.15, 0.2) is 23.4 Å². The Morgan fingerprint density at radius 2 is 1.70 bits per heavy atom. The monoisotopic (exact) mass is 1070 g/mol. The van der Waals surface area contributed by atoms with Gasteiger partial charge in [-0.25, -0.2) is 22.4 Å². The number of piperidine rings is 2. The predicted molar refractivity (Wildman–Crippen MR) is 275 cm³/mol. The largest absolute Gasteiger partial charge is 0.480 e. The highest BCUT2D eigenvalue weighted by atomic mass is 35.5. The molecule has 4 fully saturated rings.